The lowest BCUT2D eigenvalue weighted by molar-refractivity contribution is 0.314. The molecule has 2 aromatic heterocycles. The van der Waals surface area contributed by atoms with Crippen LogP contribution in [0, 0.1) is 0 Å². The predicted molar refractivity (Wildman–Crippen MR) is 75.6 cm³/mol. The van der Waals surface area contributed by atoms with Crippen LogP contribution in [0.4, 0.5) is 5.82 Å². The summed E-state index contributed by atoms with van der Waals surface area (Å²) in [5.74, 6) is 0.821. The molecule has 0 saturated carbocycles. The van der Waals surface area contributed by atoms with Crippen LogP contribution >= 0.6 is 0 Å². The van der Waals surface area contributed by atoms with Crippen molar-refractivity contribution in [2.75, 3.05) is 18.9 Å². The number of rotatable bonds is 6. The molecule has 19 heavy (non-hydrogen) atoms. The highest BCUT2D eigenvalue weighted by atomic mass is 15.1. The molecule has 0 aromatic carbocycles. The molecule has 5 heteroatoms. The summed E-state index contributed by atoms with van der Waals surface area (Å²) in [5, 5.41) is 3.13. The number of anilines is 1. The van der Waals surface area contributed by atoms with Gasteiger partial charge < -0.3 is 5.32 Å². The highest BCUT2D eigenvalue weighted by molar-refractivity contribution is 5.30. The molecule has 0 amide bonds. The van der Waals surface area contributed by atoms with Crippen LogP contribution in [0.3, 0.4) is 0 Å². The van der Waals surface area contributed by atoms with E-state index in [0.29, 0.717) is 0 Å². The van der Waals surface area contributed by atoms with E-state index in [-0.39, 0.29) is 0 Å². The minimum Gasteiger partial charge on any atom is -0.369 e. The monoisotopic (exact) mass is 257 g/mol. The minimum absolute atomic E-state index is 0.772. The Morgan fingerprint density at radius 3 is 2.68 bits per heavy atom. The Hall–Kier alpha value is -2.01. The first-order chi connectivity index (χ1) is 9.28. The fourth-order valence-corrected chi connectivity index (χ4v) is 1.84. The largest absolute Gasteiger partial charge is 0.369 e. The summed E-state index contributed by atoms with van der Waals surface area (Å²) in [6, 6.07) is 4.03. The van der Waals surface area contributed by atoms with E-state index in [4.69, 9.17) is 0 Å². The Labute approximate surface area is 113 Å². The van der Waals surface area contributed by atoms with Crippen LogP contribution in [-0.4, -0.2) is 33.4 Å². The van der Waals surface area contributed by atoms with Gasteiger partial charge in [0.2, 0.25) is 0 Å². The molecule has 0 saturated heterocycles. The number of nitrogens with one attached hydrogen (secondary N) is 1. The van der Waals surface area contributed by atoms with Gasteiger partial charge in [0.15, 0.2) is 0 Å². The minimum atomic E-state index is 0.772. The molecule has 0 radical (unpaired) electrons. The molecule has 2 heterocycles. The smallest absolute Gasteiger partial charge is 0.144 e. The third-order valence-electron chi connectivity index (χ3n) is 2.67. The Balaban J connectivity index is 1.89. The van der Waals surface area contributed by atoms with E-state index in [0.717, 1.165) is 31.1 Å². The van der Waals surface area contributed by atoms with E-state index in [9.17, 15) is 0 Å². The quantitative estimate of drug-likeness (QED) is 0.857. The van der Waals surface area contributed by atoms with Crippen molar-refractivity contribution < 1.29 is 0 Å². The van der Waals surface area contributed by atoms with Crippen molar-refractivity contribution in [2.45, 2.75) is 20.0 Å². The van der Waals surface area contributed by atoms with Gasteiger partial charge in [0.05, 0.1) is 18.1 Å². The third kappa shape index (κ3) is 4.30. The lowest BCUT2D eigenvalue weighted by Crippen LogP contribution is -2.18. The molecule has 0 unspecified atom stereocenters. The summed E-state index contributed by atoms with van der Waals surface area (Å²) in [6.07, 6.45) is 7.26. The molecule has 0 bridgehead atoms. The van der Waals surface area contributed by atoms with Gasteiger partial charge in [-0.1, -0.05) is 6.07 Å². The Morgan fingerprint density at radius 2 is 2.05 bits per heavy atom. The summed E-state index contributed by atoms with van der Waals surface area (Å²) >= 11 is 0. The van der Waals surface area contributed by atoms with Gasteiger partial charge in [0, 0.05) is 32.0 Å². The van der Waals surface area contributed by atoms with Crippen LogP contribution < -0.4 is 5.32 Å². The van der Waals surface area contributed by atoms with Crippen molar-refractivity contribution in [3.8, 4) is 0 Å². The molecule has 100 valence electrons. The lowest BCUT2D eigenvalue weighted by atomic mass is 10.2. The van der Waals surface area contributed by atoms with Gasteiger partial charge in [-0.3, -0.25) is 14.9 Å². The van der Waals surface area contributed by atoms with Crippen molar-refractivity contribution in [3.63, 3.8) is 0 Å². The molecule has 2 rings (SSSR count). The van der Waals surface area contributed by atoms with Crippen LogP contribution in [0.15, 0.2) is 36.9 Å². The van der Waals surface area contributed by atoms with Gasteiger partial charge in [0.1, 0.15) is 5.82 Å². The van der Waals surface area contributed by atoms with Crippen molar-refractivity contribution in [3.05, 3.63) is 48.2 Å². The number of hydrogen-bond donors (Lipinski definition) is 1. The van der Waals surface area contributed by atoms with Gasteiger partial charge in [-0.05, 0) is 25.6 Å². The summed E-state index contributed by atoms with van der Waals surface area (Å²) < 4.78 is 0. The second kappa shape index (κ2) is 6.80. The van der Waals surface area contributed by atoms with Crippen molar-refractivity contribution in [2.24, 2.45) is 0 Å². The van der Waals surface area contributed by atoms with Crippen LogP contribution in [-0.2, 0) is 13.1 Å². The van der Waals surface area contributed by atoms with Crippen LogP contribution in [0.25, 0.3) is 0 Å². The van der Waals surface area contributed by atoms with Gasteiger partial charge in [-0.25, -0.2) is 4.98 Å². The van der Waals surface area contributed by atoms with Gasteiger partial charge in [-0.15, -0.1) is 0 Å². The zero-order valence-corrected chi connectivity index (χ0v) is 11.4. The van der Waals surface area contributed by atoms with E-state index < -0.39 is 0 Å². The molecule has 5 nitrogen and oxygen atoms in total. The number of aromatic nitrogens is 3. The van der Waals surface area contributed by atoms with E-state index in [1.165, 1.54) is 5.56 Å². The van der Waals surface area contributed by atoms with E-state index in [2.05, 4.69) is 38.3 Å². The molecular formula is C14H19N5. The second-order valence-electron chi connectivity index (χ2n) is 4.46. The fourth-order valence-electron chi connectivity index (χ4n) is 1.84. The molecule has 0 aliphatic heterocycles. The van der Waals surface area contributed by atoms with Crippen LogP contribution in [0.1, 0.15) is 18.2 Å². The predicted octanol–water partition coefficient (Wildman–Crippen LogP) is 1.94. The Bertz CT molecular complexity index is 483. The SMILES string of the molecule is CCNc1cnc(CN(C)Cc2cccnc2)cn1. The summed E-state index contributed by atoms with van der Waals surface area (Å²) in [5.41, 5.74) is 2.16. The van der Waals surface area contributed by atoms with Crippen molar-refractivity contribution in [1.29, 1.82) is 0 Å². The highest BCUT2D eigenvalue weighted by Gasteiger charge is 2.03. The van der Waals surface area contributed by atoms with Crippen molar-refractivity contribution in [1.82, 2.24) is 19.9 Å². The number of nitrogens with zero attached hydrogens (tertiary/aromatic N) is 4. The first-order valence-electron chi connectivity index (χ1n) is 6.40. The lowest BCUT2D eigenvalue weighted by Gasteiger charge is -2.15. The van der Waals surface area contributed by atoms with E-state index in [1.54, 1.807) is 12.4 Å². The highest BCUT2D eigenvalue weighted by Crippen LogP contribution is 2.06. The first kappa shape index (κ1) is 13.4. The molecular weight excluding hydrogens is 238 g/mol. The summed E-state index contributed by atoms with van der Waals surface area (Å²) in [6.45, 7) is 4.52. The summed E-state index contributed by atoms with van der Waals surface area (Å²) in [7, 11) is 2.06. The molecule has 0 aliphatic carbocycles. The zero-order valence-electron chi connectivity index (χ0n) is 11.4. The first-order valence-corrected chi connectivity index (χ1v) is 6.40. The third-order valence-corrected chi connectivity index (χ3v) is 2.67. The van der Waals surface area contributed by atoms with E-state index in [1.807, 2.05) is 25.4 Å². The Morgan fingerprint density at radius 1 is 1.16 bits per heavy atom. The van der Waals surface area contributed by atoms with Gasteiger partial charge in [0.25, 0.3) is 0 Å². The van der Waals surface area contributed by atoms with Crippen LogP contribution in [0.5, 0.6) is 0 Å². The van der Waals surface area contributed by atoms with Crippen LogP contribution in [0.2, 0.25) is 0 Å². The molecule has 0 spiro atoms. The molecule has 0 aliphatic rings. The van der Waals surface area contributed by atoms with Crippen molar-refractivity contribution >= 4 is 5.82 Å². The molecule has 1 N–H and O–H groups in total. The zero-order chi connectivity index (χ0) is 13.5. The topological polar surface area (TPSA) is 53.9 Å². The van der Waals surface area contributed by atoms with Gasteiger partial charge >= 0.3 is 0 Å². The average Bonchev–Trinajstić information content (AvgIpc) is 2.42. The molecule has 0 atom stereocenters. The van der Waals surface area contributed by atoms with Gasteiger partial charge in [-0.2, -0.15) is 0 Å². The van der Waals surface area contributed by atoms with E-state index >= 15 is 0 Å². The maximum absolute atomic E-state index is 4.40. The number of hydrogen-bond acceptors (Lipinski definition) is 5. The molecule has 2 aromatic rings. The standard InChI is InChI=1S/C14H19N5/c1-3-16-14-9-17-13(8-18-14)11-19(2)10-12-5-4-6-15-7-12/h4-9H,3,10-11H2,1-2H3,(H,16,18). The second-order valence-corrected chi connectivity index (χ2v) is 4.46. The average molecular weight is 257 g/mol. The normalized spacial score (nSPS) is 10.7. The Kier molecular flexibility index (Phi) is 4.80. The maximum Gasteiger partial charge on any atom is 0.144 e. The molecule has 0 fully saturated rings. The maximum atomic E-state index is 4.40. The number of pyridine rings is 1. The fraction of sp³-hybridized carbons (Fsp3) is 0.357. The summed E-state index contributed by atoms with van der Waals surface area (Å²) in [4.78, 5) is 15.0.